The van der Waals surface area contributed by atoms with Crippen LogP contribution in [0.15, 0.2) is 0 Å². The number of unbranched alkanes of at least 4 members (excludes halogenated alkanes) is 40. The minimum atomic E-state index is -3.08. The summed E-state index contributed by atoms with van der Waals surface area (Å²) in [5, 5.41) is 136. The largest absolute Gasteiger partial charge is 0.477 e. The van der Waals surface area contributed by atoms with Crippen LogP contribution >= 0.6 is 0 Å². The van der Waals surface area contributed by atoms with Crippen LogP contribution in [0.4, 0.5) is 0 Å². The molecule has 23 nitrogen and oxygen atoms in total. The van der Waals surface area contributed by atoms with Gasteiger partial charge in [0.25, 0.3) is 5.79 Å². The highest BCUT2D eigenvalue weighted by Crippen LogP contribution is 2.39. The normalized spacial score (nSPS) is 27.5. The summed E-state index contributed by atoms with van der Waals surface area (Å²) in [5.41, 5.74) is 0. The van der Waals surface area contributed by atoms with Crippen molar-refractivity contribution in [1.82, 2.24) is 10.6 Å². The lowest BCUT2D eigenvalue weighted by atomic mass is 9.88. The van der Waals surface area contributed by atoms with E-state index in [0.29, 0.717) is 19.3 Å². The van der Waals surface area contributed by atoms with E-state index in [9.17, 15) is 75.7 Å². The van der Waals surface area contributed by atoms with Gasteiger partial charge < -0.3 is 100 Å². The molecule has 18 unspecified atom stereocenters. The highest BCUT2D eigenvalue weighted by atomic mass is 16.8. The fraction of sp³-hybridized carbons (Fsp3) is 0.959. The molecular weight excluding hydrogens is 1240 g/mol. The van der Waals surface area contributed by atoms with E-state index in [-0.39, 0.29) is 18.9 Å². The van der Waals surface area contributed by atoms with Crippen molar-refractivity contribution < 1.29 is 104 Å². The SMILES string of the molecule is CCCCCCCCCCCCCCCCCCCCCCCCCCCCCCC(=O)NC(COC1OC(CO)C(OC2OC(CO)C(O)C(OC3(C(=O)O)CC(O)C(NC(C)=O)C(C(O)C(O)CO)O3)C2O)C(O)C1O)C(O)CCCCCCCCCCCCCCCC. The predicted octanol–water partition coefficient (Wildman–Crippen LogP) is 8.85. The molecule has 3 fully saturated rings. The molecule has 0 aliphatic carbocycles. The number of carboxylic acids is 1. The molecule has 3 aliphatic rings. The maximum atomic E-state index is 13.5. The van der Waals surface area contributed by atoms with Gasteiger partial charge in [0.15, 0.2) is 12.6 Å². The minimum absolute atomic E-state index is 0.229. The topological polar surface area (TPSA) is 373 Å². The van der Waals surface area contributed by atoms with Gasteiger partial charge in [-0.2, -0.15) is 0 Å². The fourth-order valence-electron chi connectivity index (χ4n) is 13.7. The maximum Gasteiger partial charge on any atom is 0.364 e. The fourth-order valence-corrected chi connectivity index (χ4v) is 13.7. The number of carbonyl (C=O) groups excluding carboxylic acids is 2. The average molecular weight is 1380 g/mol. The Morgan fingerprint density at radius 3 is 1.30 bits per heavy atom. The molecule has 0 aromatic carbocycles. The molecule has 0 saturated carbocycles. The quantitative estimate of drug-likeness (QED) is 0.0253. The summed E-state index contributed by atoms with van der Waals surface area (Å²) in [4.78, 5) is 38.6. The van der Waals surface area contributed by atoms with E-state index in [1.165, 1.54) is 212 Å². The molecule has 96 heavy (non-hydrogen) atoms. The molecular formula is C73H138N2O21. The summed E-state index contributed by atoms with van der Waals surface area (Å²) in [5.74, 6) is -6.09. The Bertz CT molecular complexity index is 1930. The van der Waals surface area contributed by atoms with Crippen molar-refractivity contribution in [2.45, 2.75) is 420 Å². The Hall–Kier alpha value is -2.27. The number of amides is 2. The third-order valence-electron chi connectivity index (χ3n) is 19.8. The van der Waals surface area contributed by atoms with E-state index < -0.39 is 148 Å². The van der Waals surface area contributed by atoms with Crippen molar-refractivity contribution in [3.05, 3.63) is 0 Å². The van der Waals surface area contributed by atoms with Crippen LogP contribution in [-0.2, 0) is 42.8 Å². The number of hydrogen-bond donors (Lipinski definition) is 14. The van der Waals surface area contributed by atoms with Crippen LogP contribution in [0.1, 0.15) is 310 Å². The van der Waals surface area contributed by atoms with E-state index in [0.717, 1.165) is 51.9 Å². The minimum Gasteiger partial charge on any atom is -0.477 e. The average Bonchev–Trinajstić information content (AvgIpc) is 0.759. The second-order valence-electron chi connectivity index (χ2n) is 28.2. The molecule has 3 aliphatic heterocycles. The number of hydrogen-bond acceptors (Lipinski definition) is 20. The molecule has 3 rings (SSSR count). The highest BCUT2D eigenvalue weighted by Gasteiger charge is 2.60. The van der Waals surface area contributed by atoms with E-state index in [2.05, 4.69) is 24.5 Å². The van der Waals surface area contributed by atoms with Gasteiger partial charge in [-0.15, -0.1) is 0 Å². The molecule has 0 aromatic rings. The molecule has 0 bridgehead atoms. The van der Waals surface area contributed by atoms with Gasteiger partial charge in [0.05, 0.1) is 50.7 Å². The summed E-state index contributed by atoms with van der Waals surface area (Å²) in [7, 11) is 0. The molecule has 3 saturated heterocycles. The first-order valence-electron chi connectivity index (χ1n) is 38.4. The predicted molar refractivity (Wildman–Crippen MR) is 366 cm³/mol. The lowest BCUT2D eigenvalue weighted by Gasteiger charge is -2.50. The Morgan fingerprint density at radius 2 is 0.906 bits per heavy atom. The zero-order valence-corrected chi connectivity index (χ0v) is 59.5. The van der Waals surface area contributed by atoms with E-state index in [1.54, 1.807) is 0 Å². The molecule has 0 radical (unpaired) electrons. The lowest BCUT2D eigenvalue weighted by molar-refractivity contribution is -0.386. The molecule has 23 heteroatoms. The van der Waals surface area contributed by atoms with Gasteiger partial charge in [0.1, 0.15) is 67.1 Å². The molecule has 0 aromatic heterocycles. The number of carboxylic acid groups (broad SMARTS) is 1. The molecule has 14 N–H and O–H groups in total. The summed E-state index contributed by atoms with van der Waals surface area (Å²) in [6, 6.07) is -2.52. The Labute approximate surface area is 576 Å². The third-order valence-corrected chi connectivity index (χ3v) is 19.8. The van der Waals surface area contributed by atoms with Crippen molar-refractivity contribution in [1.29, 1.82) is 0 Å². The van der Waals surface area contributed by atoms with Crippen molar-refractivity contribution in [3.8, 4) is 0 Å². The van der Waals surface area contributed by atoms with E-state index in [4.69, 9.17) is 28.4 Å². The monoisotopic (exact) mass is 1380 g/mol. The second-order valence-corrected chi connectivity index (χ2v) is 28.2. The van der Waals surface area contributed by atoms with Crippen molar-refractivity contribution in [2.24, 2.45) is 0 Å². The van der Waals surface area contributed by atoms with Crippen LogP contribution in [-0.4, -0.2) is 215 Å². The summed E-state index contributed by atoms with van der Waals surface area (Å²) < 4.78 is 34.9. The van der Waals surface area contributed by atoms with Gasteiger partial charge >= 0.3 is 5.97 Å². The maximum absolute atomic E-state index is 13.5. The van der Waals surface area contributed by atoms with E-state index >= 15 is 0 Å². The number of aliphatic hydroxyl groups is 11. The van der Waals surface area contributed by atoms with Gasteiger partial charge in [-0.1, -0.05) is 277 Å². The number of rotatable bonds is 60. The molecule has 3 heterocycles. The first-order valence-corrected chi connectivity index (χ1v) is 38.4. The number of nitrogens with one attached hydrogen (secondary N) is 2. The Kier molecular flexibility index (Phi) is 49.0. The molecule has 0 spiro atoms. The van der Waals surface area contributed by atoms with Crippen LogP contribution in [0.25, 0.3) is 0 Å². The zero-order valence-electron chi connectivity index (χ0n) is 59.5. The molecule has 566 valence electrons. The third kappa shape index (κ3) is 34.6. The van der Waals surface area contributed by atoms with Gasteiger partial charge in [0.2, 0.25) is 11.8 Å². The van der Waals surface area contributed by atoms with Gasteiger partial charge in [0, 0.05) is 19.8 Å². The van der Waals surface area contributed by atoms with Crippen LogP contribution in [0, 0.1) is 0 Å². The standard InChI is InChI=1S/C73H138N2O21/c1-4-6-8-10-12-14-16-18-20-21-22-23-24-25-26-27-28-29-30-31-32-33-35-37-39-41-43-45-47-60(83)75-54(55(80)46-44-42-40-38-36-34-19-17-15-13-11-9-7-5-2)52-91-70-65(87)64(86)67(59(51-78)93-70)94-71-66(88)69(63(85)58(50-77)92-71)96-73(72(89)90)48-56(81)61(74-53(3)79)68(95-73)62(84)57(82)49-76/h54-59,61-71,76-78,80-82,84-88H,4-52H2,1-3H3,(H,74,79)(H,75,83)(H,89,90). The summed E-state index contributed by atoms with van der Waals surface area (Å²) >= 11 is 0. The van der Waals surface area contributed by atoms with Crippen LogP contribution in [0.2, 0.25) is 0 Å². The van der Waals surface area contributed by atoms with Crippen molar-refractivity contribution >= 4 is 17.8 Å². The number of ether oxygens (including phenoxy) is 6. The number of aliphatic carboxylic acids is 1. The number of aliphatic hydroxyl groups excluding tert-OH is 11. The first kappa shape index (κ1) is 87.9. The van der Waals surface area contributed by atoms with Crippen LogP contribution in [0.3, 0.4) is 0 Å². The summed E-state index contributed by atoms with van der Waals surface area (Å²) in [6.07, 6.45) is 24.0. The summed E-state index contributed by atoms with van der Waals surface area (Å²) in [6.45, 7) is 2.24. The Morgan fingerprint density at radius 1 is 0.500 bits per heavy atom. The van der Waals surface area contributed by atoms with E-state index in [1.807, 2.05) is 0 Å². The smallest absolute Gasteiger partial charge is 0.364 e. The molecule has 18 atom stereocenters. The second kappa shape index (κ2) is 53.5. The van der Waals surface area contributed by atoms with Crippen LogP contribution < -0.4 is 10.6 Å². The molecule has 2 amide bonds. The van der Waals surface area contributed by atoms with Gasteiger partial charge in [-0.05, 0) is 12.8 Å². The first-order chi connectivity index (χ1) is 46.4. The lowest BCUT2D eigenvalue weighted by Crippen LogP contribution is -2.70. The highest BCUT2D eigenvalue weighted by molar-refractivity contribution is 5.77. The van der Waals surface area contributed by atoms with Crippen LogP contribution in [0.5, 0.6) is 0 Å². The number of carbonyl (C=O) groups is 3. The van der Waals surface area contributed by atoms with Gasteiger partial charge in [-0.3, -0.25) is 9.59 Å². The zero-order chi connectivity index (χ0) is 70.4. The van der Waals surface area contributed by atoms with Crippen molar-refractivity contribution in [2.75, 3.05) is 26.4 Å². The van der Waals surface area contributed by atoms with Crippen molar-refractivity contribution in [3.63, 3.8) is 0 Å². The Balaban J connectivity index is 1.49. The van der Waals surface area contributed by atoms with Gasteiger partial charge in [-0.25, -0.2) is 4.79 Å².